The Balaban J connectivity index is 3.07. The average molecular weight is 221 g/mol. The molecule has 4 nitrogen and oxygen atoms in total. The summed E-state index contributed by atoms with van der Waals surface area (Å²) in [7, 11) is 1.44. The summed E-state index contributed by atoms with van der Waals surface area (Å²) >= 11 is 0. The van der Waals surface area contributed by atoms with E-state index < -0.39 is 9.05 Å². The first-order chi connectivity index (χ1) is 5.95. The molecule has 1 atom stereocenters. The lowest BCUT2D eigenvalue weighted by atomic mass is 10.3. The van der Waals surface area contributed by atoms with Crippen LogP contribution in [0.5, 0.6) is 0 Å². The molecular weight excluding hydrogens is 212 g/mol. The van der Waals surface area contributed by atoms with Crippen molar-refractivity contribution in [2.75, 3.05) is 0 Å². The molecule has 0 aliphatic rings. The van der Waals surface area contributed by atoms with E-state index in [1.165, 1.54) is 17.1 Å². The van der Waals surface area contributed by atoms with Gasteiger partial charge in [-0.15, -0.1) is 6.58 Å². The van der Waals surface area contributed by atoms with Crippen LogP contribution in [0.15, 0.2) is 29.9 Å². The van der Waals surface area contributed by atoms with Crippen molar-refractivity contribution in [2.45, 2.75) is 17.9 Å². The summed E-state index contributed by atoms with van der Waals surface area (Å²) < 4.78 is 23.2. The van der Waals surface area contributed by atoms with Crippen molar-refractivity contribution in [3.63, 3.8) is 0 Å². The lowest BCUT2D eigenvalue weighted by molar-refractivity contribution is 0.579. The van der Waals surface area contributed by atoms with Gasteiger partial charge < -0.3 is 0 Å². The number of allylic oxidation sites excluding steroid dienone is 1. The summed E-state index contributed by atoms with van der Waals surface area (Å²) in [6, 6.07) is -0.0489. The molecule has 1 aromatic heterocycles. The van der Waals surface area contributed by atoms with Crippen molar-refractivity contribution < 1.29 is 8.42 Å². The molecular formula is C7H9ClN2O2S. The fourth-order valence-corrected chi connectivity index (χ4v) is 1.42. The van der Waals surface area contributed by atoms with Crippen LogP contribution in [0.3, 0.4) is 0 Å². The maximum Gasteiger partial charge on any atom is 0.264 e. The fourth-order valence-electron chi connectivity index (χ4n) is 0.777. The monoisotopic (exact) mass is 220 g/mol. The average Bonchev–Trinajstić information content (AvgIpc) is 2.50. The molecule has 0 fully saturated rings. The minimum absolute atomic E-state index is 0.00265. The zero-order chi connectivity index (χ0) is 10.1. The van der Waals surface area contributed by atoms with Gasteiger partial charge in [0.25, 0.3) is 9.05 Å². The Kier molecular flexibility index (Phi) is 2.77. The third-order valence-electron chi connectivity index (χ3n) is 1.62. The van der Waals surface area contributed by atoms with Crippen molar-refractivity contribution in [3.8, 4) is 0 Å². The van der Waals surface area contributed by atoms with Gasteiger partial charge in [0.05, 0.1) is 12.2 Å². The summed E-state index contributed by atoms with van der Waals surface area (Å²) in [6.07, 6.45) is 4.23. The highest BCUT2D eigenvalue weighted by molar-refractivity contribution is 8.13. The highest BCUT2D eigenvalue weighted by Crippen LogP contribution is 2.15. The summed E-state index contributed by atoms with van der Waals surface area (Å²) in [5.74, 6) is 0. The number of hydrogen-bond acceptors (Lipinski definition) is 3. The Morgan fingerprint density at radius 2 is 2.38 bits per heavy atom. The van der Waals surface area contributed by atoms with Crippen LogP contribution in [0.25, 0.3) is 0 Å². The number of nitrogens with zero attached hydrogens (tertiary/aromatic N) is 2. The van der Waals surface area contributed by atoms with Gasteiger partial charge in [0.15, 0.2) is 0 Å². The minimum atomic E-state index is -3.67. The molecule has 0 saturated carbocycles. The standard InChI is InChI=1S/C7H9ClN2O2S/c1-3-6(2)10-5-7(4-9-10)13(8,11)12/h3-6H,1H2,2H3. The Hall–Kier alpha value is -0.810. The summed E-state index contributed by atoms with van der Waals surface area (Å²) in [5.41, 5.74) is 0. The van der Waals surface area contributed by atoms with Crippen molar-refractivity contribution >= 4 is 19.7 Å². The minimum Gasteiger partial charge on any atom is -0.265 e. The van der Waals surface area contributed by atoms with Gasteiger partial charge in [-0.3, -0.25) is 4.68 Å². The van der Waals surface area contributed by atoms with Crippen LogP contribution in [-0.4, -0.2) is 18.2 Å². The zero-order valence-electron chi connectivity index (χ0n) is 7.01. The fraction of sp³-hybridized carbons (Fsp3) is 0.286. The SMILES string of the molecule is C=CC(C)n1cc(S(=O)(=O)Cl)cn1. The summed E-state index contributed by atoms with van der Waals surface area (Å²) in [5, 5.41) is 3.84. The molecule has 0 amide bonds. The van der Waals surface area contributed by atoms with Crippen LogP contribution in [0.1, 0.15) is 13.0 Å². The van der Waals surface area contributed by atoms with Gasteiger partial charge in [-0.2, -0.15) is 5.10 Å². The Morgan fingerprint density at radius 3 is 2.77 bits per heavy atom. The number of aromatic nitrogens is 2. The topological polar surface area (TPSA) is 52.0 Å². The molecule has 0 aromatic carbocycles. The van der Waals surface area contributed by atoms with Gasteiger partial charge in [0.1, 0.15) is 4.90 Å². The first-order valence-electron chi connectivity index (χ1n) is 3.56. The molecule has 0 aliphatic carbocycles. The maximum atomic E-state index is 10.8. The second-order valence-corrected chi connectivity index (χ2v) is 5.14. The quantitative estimate of drug-likeness (QED) is 0.574. The third-order valence-corrected chi connectivity index (χ3v) is 2.93. The molecule has 1 unspecified atom stereocenters. The van der Waals surface area contributed by atoms with Crippen LogP contribution < -0.4 is 0 Å². The lowest BCUT2D eigenvalue weighted by Gasteiger charge is -2.03. The highest BCUT2D eigenvalue weighted by atomic mass is 35.7. The van der Waals surface area contributed by atoms with Crippen molar-refractivity contribution in [1.29, 1.82) is 0 Å². The van der Waals surface area contributed by atoms with Gasteiger partial charge in [-0.05, 0) is 6.92 Å². The molecule has 72 valence electrons. The molecule has 13 heavy (non-hydrogen) atoms. The first kappa shape index (κ1) is 10.3. The second-order valence-electron chi connectivity index (χ2n) is 2.57. The number of hydrogen-bond donors (Lipinski definition) is 0. The van der Waals surface area contributed by atoms with Gasteiger partial charge in [-0.1, -0.05) is 6.08 Å². The predicted molar refractivity (Wildman–Crippen MR) is 50.2 cm³/mol. The molecule has 0 saturated heterocycles. The second kappa shape index (κ2) is 3.51. The molecule has 1 rings (SSSR count). The molecule has 1 heterocycles. The predicted octanol–water partition coefficient (Wildman–Crippen LogP) is 1.56. The van der Waals surface area contributed by atoms with E-state index in [1.807, 2.05) is 6.92 Å². The Labute approximate surface area is 81.2 Å². The van der Waals surface area contributed by atoms with Crippen molar-refractivity contribution in [1.82, 2.24) is 9.78 Å². The molecule has 0 aliphatic heterocycles. The van der Waals surface area contributed by atoms with Crippen LogP contribution in [0.2, 0.25) is 0 Å². The summed E-state index contributed by atoms with van der Waals surface area (Å²) in [6.45, 7) is 5.40. The zero-order valence-corrected chi connectivity index (χ0v) is 8.59. The molecule has 0 N–H and O–H groups in total. The Morgan fingerprint density at radius 1 is 1.77 bits per heavy atom. The number of rotatable bonds is 3. The van der Waals surface area contributed by atoms with E-state index in [4.69, 9.17) is 10.7 Å². The van der Waals surface area contributed by atoms with Crippen molar-refractivity contribution in [2.24, 2.45) is 0 Å². The van der Waals surface area contributed by atoms with Crippen LogP contribution in [-0.2, 0) is 9.05 Å². The highest BCUT2D eigenvalue weighted by Gasteiger charge is 2.13. The molecule has 0 spiro atoms. The van der Waals surface area contributed by atoms with Gasteiger partial charge >= 0.3 is 0 Å². The van der Waals surface area contributed by atoms with Crippen LogP contribution in [0.4, 0.5) is 0 Å². The van der Waals surface area contributed by atoms with E-state index >= 15 is 0 Å². The van der Waals surface area contributed by atoms with E-state index in [0.29, 0.717) is 0 Å². The number of halogens is 1. The van der Waals surface area contributed by atoms with Gasteiger partial charge in [0.2, 0.25) is 0 Å². The van der Waals surface area contributed by atoms with Gasteiger partial charge in [0, 0.05) is 16.9 Å². The van der Waals surface area contributed by atoms with E-state index in [2.05, 4.69) is 11.7 Å². The van der Waals surface area contributed by atoms with E-state index in [1.54, 1.807) is 6.08 Å². The largest absolute Gasteiger partial charge is 0.265 e. The van der Waals surface area contributed by atoms with E-state index in [9.17, 15) is 8.42 Å². The molecule has 0 bridgehead atoms. The molecule has 1 aromatic rings. The lowest BCUT2D eigenvalue weighted by Crippen LogP contribution is -2.01. The maximum absolute atomic E-state index is 10.8. The van der Waals surface area contributed by atoms with E-state index in [0.717, 1.165) is 0 Å². The van der Waals surface area contributed by atoms with E-state index in [-0.39, 0.29) is 10.9 Å². The third kappa shape index (κ3) is 2.32. The summed E-state index contributed by atoms with van der Waals surface area (Å²) in [4.78, 5) is 0.00265. The van der Waals surface area contributed by atoms with Crippen molar-refractivity contribution in [3.05, 3.63) is 25.0 Å². The molecule has 0 radical (unpaired) electrons. The van der Waals surface area contributed by atoms with Gasteiger partial charge in [-0.25, -0.2) is 8.42 Å². The smallest absolute Gasteiger partial charge is 0.264 e. The normalized spacial score (nSPS) is 14.0. The first-order valence-corrected chi connectivity index (χ1v) is 5.87. The Bertz CT molecular complexity index is 410. The van der Waals surface area contributed by atoms with Crippen LogP contribution in [0, 0.1) is 0 Å². The molecule has 6 heteroatoms. The van der Waals surface area contributed by atoms with Crippen LogP contribution >= 0.6 is 10.7 Å².